The summed E-state index contributed by atoms with van der Waals surface area (Å²) in [6.07, 6.45) is 1.37. The van der Waals surface area contributed by atoms with E-state index in [1.807, 2.05) is 24.3 Å². The minimum atomic E-state index is -3.52. The lowest BCUT2D eigenvalue weighted by Gasteiger charge is -2.29. The molecule has 0 N–H and O–H groups in total. The summed E-state index contributed by atoms with van der Waals surface area (Å²) in [6, 6.07) is 14.0. The second kappa shape index (κ2) is 6.44. The first-order valence-corrected chi connectivity index (χ1v) is 9.97. The molecular formula is C18H17ClN2O3S. The maximum absolute atomic E-state index is 12.8. The van der Waals surface area contributed by atoms with Crippen molar-refractivity contribution in [2.45, 2.75) is 23.7 Å². The highest BCUT2D eigenvalue weighted by Crippen LogP contribution is 2.32. The Morgan fingerprint density at radius 3 is 2.56 bits per heavy atom. The van der Waals surface area contributed by atoms with E-state index in [0.717, 1.165) is 11.1 Å². The molecule has 0 bridgehead atoms. The van der Waals surface area contributed by atoms with Gasteiger partial charge in [0.25, 0.3) is 0 Å². The van der Waals surface area contributed by atoms with E-state index in [-0.39, 0.29) is 10.8 Å². The van der Waals surface area contributed by atoms with Gasteiger partial charge in [0.2, 0.25) is 10.0 Å². The van der Waals surface area contributed by atoms with Gasteiger partial charge in [-0.1, -0.05) is 29.8 Å². The lowest BCUT2D eigenvalue weighted by Crippen LogP contribution is -2.37. The molecule has 1 aromatic heterocycles. The van der Waals surface area contributed by atoms with Crippen molar-refractivity contribution in [1.82, 2.24) is 9.29 Å². The van der Waals surface area contributed by atoms with Gasteiger partial charge in [0.15, 0.2) is 11.5 Å². The largest absolute Gasteiger partial charge is 0.440 e. The van der Waals surface area contributed by atoms with E-state index < -0.39 is 10.0 Å². The van der Waals surface area contributed by atoms with Crippen LogP contribution in [0.4, 0.5) is 0 Å². The zero-order valence-corrected chi connectivity index (χ0v) is 15.0. The van der Waals surface area contributed by atoms with Gasteiger partial charge < -0.3 is 4.42 Å². The fourth-order valence-corrected chi connectivity index (χ4v) is 4.96. The standard InChI is InChI=1S/C18H17ClN2O3S/c19-14-4-3-5-15(12-14)25(22,23)21-10-8-13(9-11-21)18-20-16-6-1-2-7-17(16)24-18/h1-7,12-13H,8-11H2. The third kappa shape index (κ3) is 3.17. The molecule has 0 spiro atoms. The second-order valence-corrected chi connectivity index (χ2v) is 8.53. The summed E-state index contributed by atoms with van der Waals surface area (Å²) < 4.78 is 32.8. The minimum Gasteiger partial charge on any atom is -0.440 e. The van der Waals surface area contributed by atoms with E-state index in [0.29, 0.717) is 36.8 Å². The van der Waals surface area contributed by atoms with Crippen LogP contribution in [0.1, 0.15) is 24.7 Å². The minimum absolute atomic E-state index is 0.137. The quantitative estimate of drug-likeness (QED) is 0.691. The SMILES string of the molecule is O=S(=O)(c1cccc(Cl)c1)N1CCC(c2nc3ccccc3o2)CC1. The van der Waals surface area contributed by atoms with Crippen LogP contribution >= 0.6 is 11.6 Å². The smallest absolute Gasteiger partial charge is 0.243 e. The van der Waals surface area contributed by atoms with Crippen LogP contribution in [0.15, 0.2) is 57.8 Å². The first kappa shape index (κ1) is 16.6. The number of para-hydroxylation sites is 2. The average Bonchev–Trinajstić information content (AvgIpc) is 3.06. The van der Waals surface area contributed by atoms with E-state index in [4.69, 9.17) is 16.0 Å². The van der Waals surface area contributed by atoms with Crippen LogP contribution in [0, 0.1) is 0 Å². The van der Waals surface area contributed by atoms with Crippen LogP contribution in [-0.2, 0) is 10.0 Å². The van der Waals surface area contributed by atoms with Crippen LogP contribution < -0.4 is 0 Å². The number of halogens is 1. The predicted molar refractivity (Wildman–Crippen MR) is 96.2 cm³/mol. The second-order valence-electron chi connectivity index (χ2n) is 6.16. The summed E-state index contributed by atoms with van der Waals surface area (Å²) in [5.41, 5.74) is 1.61. The topological polar surface area (TPSA) is 63.4 Å². The zero-order valence-electron chi connectivity index (χ0n) is 13.4. The van der Waals surface area contributed by atoms with Crippen molar-refractivity contribution in [3.8, 4) is 0 Å². The highest BCUT2D eigenvalue weighted by atomic mass is 35.5. The molecule has 0 saturated carbocycles. The normalized spacial score (nSPS) is 17.2. The number of oxazole rings is 1. The third-order valence-corrected chi connectivity index (χ3v) is 6.68. The van der Waals surface area contributed by atoms with Crippen molar-refractivity contribution in [1.29, 1.82) is 0 Å². The van der Waals surface area contributed by atoms with Gasteiger partial charge in [-0.3, -0.25) is 0 Å². The van der Waals surface area contributed by atoms with Crippen LogP contribution in [0.2, 0.25) is 5.02 Å². The zero-order chi connectivity index (χ0) is 17.4. The first-order valence-electron chi connectivity index (χ1n) is 8.15. The number of aromatic nitrogens is 1. The third-order valence-electron chi connectivity index (χ3n) is 4.55. The van der Waals surface area contributed by atoms with Gasteiger partial charge in [-0.05, 0) is 43.2 Å². The van der Waals surface area contributed by atoms with Crippen LogP contribution in [0.3, 0.4) is 0 Å². The summed E-state index contributed by atoms with van der Waals surface area (Å²) in [6.45, 7) is 0.885. The van der Waals surface area contributed by atoms with Crippen molar-refractivity contribution in [2.24, 2.45) is 0 Å². The molecule has 7 heteroatoms. The molecule has 1 fully saturated rings. The molecule has 2 aromatic carbocycles. The molecule has 0 radical (unpaired) electrons. The Balaban J connectivity index is 1.51. The molecule has 0 aliphatic carbocycles. The predicted octanol–water partition coefficient (Wildman–Crippen LogP) is 4.05. The van der Waals surface area contributed by atoms with Crippen molar-refractivity contribution in [3.05, 3.63) is 59.4 Å². The van der Waals surface area contributed by atoms with Gasteiger partial charge in [0.05, 0.1) is 4.90 Å². The molecule has 2 heterocycles. The Morgan fingerprint density at radius 2 is 1.84 bits per heavy atom. The lowest BCUT2D eigenvalue weighted by molar-refractivity contribution is 0.293. The number of hydrogen-bond donors (Lipinski definition) is 0. The van der Waals surface area contributed by atoms with Crippen LogP contribution in [0.5, 0.6) is 0 Å². The Bertz CT molecular complexity index is 975. The van der Waals surface area contributed by atoms with Crippen molar-refractivity contribution in [2.75, 3.05) is 13.1 Å². The maximum Gasteiger partial charge on any atom is 0.243 e. The number of rotatable bonds is 3. The maximum atomic E-state index is 12.8. The number of fused-ring (bicyclic) bond motifs is 1. The molecule has 1 aliphatic rings. The van der Waals surface area contributed by atoms with Gasteiger partial charge in [0.1, 0.15) is 5.52 Å². The Hall–Kier alpha value is -1.89. The van der Waals surface area contributed by atoms with Crippen molar-refractivity contribution >= 4 is 32.7 Å². The molecule has 4 rings (SSSR count). The summed E-state index contributed by atoms with van der Waals surface area (Å²) in [5, 5.41) is 0.419. The molecular weight excluding hydrogens is 360 g/mol. The van der Waals surface area contributed by atoms with E-state index >= 15 is 0 Å². The number of sulfonamides is 1. The van der Waals surface area contributed by atoms with Gasteiger partial charge in [-0.2, -0.15) is 4.31 Å². The first-order chi connectivity index (χ1) is 12.0. The highest BCUT2D eigenvalue weighted by molar-refractivity contribution is 7.89. The fraction of sp³-hybridized carbons (Fsp3) is 0.278. The monoisotopic (exact) mass is 376 g/mol. The van der Waals surface area contributed by atoms with Gasteiger partial charge in [0, 0.05) is 24.0 Å². The van der Waals surface area contributed by atoms with Gasteiger partial charge in [-0.15, -0.1) is 0 Å². The molecule has 25 heavy (non-hydrogen) atoms. The molecule has 1 saturated heterocycles. The van der Waals surface area contributed by atoms with Crippen LogP contribution in [-0.4, -0.2) is 30.8 Å². The molecule has 0 unspecified atom stereocenters. The fourth-order valence-electron chi connectivity index (χ4n) is 3.18. The summed E-state index contributed by atoms with van der Waals surface area (Å²) >= 11 is 5.93. The number of benzene rings is 2. The van der Waals surface area contributed by atoms with E-state index in [2.05, 4.69) is 4.98 Å². The Kier molecular flexibility index (Phi) is 4.27. The number of piperidine rings is 1. The highest BCUT2D eigenvalue weighted by Gasteiger charge is 2.31. The average molecular weight is 377 g/mol. The Morgan fingerprint density at radius 1 is 1.08 bits per heavy atom. The molecule has 0 atom stereocenters. The molecule has 1 aliphatic heterocycles. The number of hydrogen-bond acceptors (Lipinski definition) is 4. The summed E-state index contributed by atoms with van der Waals surface area (Å²) in [7, 11) is -3.52. The molecule has 5 nitrogen and oxygen atoms in total. The number of nitrogens with zero attached hydrogens (tertiary/aromatic N) is 2. The summed E-state index contributed by atoms with van der Waals surface area (Å²) in [4.78, 5) is 4.78. The molecule has 0 amide bonds. The molecule has 3 aromatic rings. The van der Waals surface area contributed by atoms with E-state index in [9.17, 15) is 8.42 Å². The van der Waals surface area contributed by atoms with Gasteiger partial charge >= 0.3 is 0 Å². The van der Waals surface area contributed by atoms with Crippen molar-refractivity contribution in [3.63, 3.8) is 0 Å². The van der Waals surface area contributed by atoms with E-state index in [1.54, 1.807) is 18.2 Å². The lowest BCUT2D eigenvalue weighted by atomic mass is 9.98. The molecule has 130 valence electrons. The van der Waals surface area contributed by atoms with Crippen LogP contribution in [0.25, 0.3) is 11.1 Å². The van der Waals surface area contributed by atoms with Gasteiger partial charge in [-0.25, -0.2) is 13.4 Å². The van der Waals surface area contributed by atoms with E-state index in [1.165, 1.54) is 10.4 Å². The van der Waals surface area contributed by atoms with Crippen molar-refractivity contribution < 1.29 is 12.8 Å². The Labute approximate surface area is 151 Å². The summed E-state index contributed by atoms with van der Waals surface area (Å²) in [5.74, 6) is 0.833.